The summed E-state index contributed by atoms with van der Waals surface area (Å²) in [4.78, 5) is 5.18. The highest BCUT2D eigenvalue weighted by Crippen LogP contribution is 2.33. The molecule has 28 heavy (non-hydrogen) atoms. The van der Waals surface area contributed by atoms with Gasteiger partial charge >= 0.3 is 0 Å². The normalized spacial score (nSPS) is 30.0. The number of benzene rings is 1. The predicted octanol–water partition coefficient (Wildman–Crippen LogP) is 1.73. The fraction of sp³-hybridized carbons (Fsp3) is 0.450. The Bertz CT molecular complexity index is 748. The smallest absolute Gasteiger partial charge is 0.132 e. The minimum atomic E-state index is -1.28. The number of rotatable bonds is 6. The second kappa shape index (κ2) is 9.58. The summed E-state index contributed by atoms with van der Waals surface area (Å²) < 4.78 is 5.79. The van der Waals surface area contributed by atoms with Crippen LogP contribution in [-0.2, 0) is 4.74 Å². The van der Waals surface area contributed by atoms with E-state index in [0.29, 0.717) is 0 Å². The molecular weight excluding hydrogens is 396 g/mol. The van der Waals surface area contributed by atoms with Gasteiger partial charge in [-0.05, 0) is 35.6 Å². The van der Waals surface area contributed by atoms with Gasteiger partial charge in [0.05, 0.1) is 0 Å². The molecule has 6 nitrogen and oxygen atoms in total. The summed E-state index contributed by atoms with van der Waals surface area (Å²) in [6.07, 6.45) is 0.940. The molecule has 2 unspecified atom stereocenters. The van der Waals surface area contributed by atoms with E-state index in [2.05, 4.69) is 4.98 Å². The number of nitrogens with two attached hydrogens (primary N) is 1. The van der Waals surface area contributed by atoms with Crippen molar-refractivity contribution in [1.29, 1.82) is 0 Å². The average Bonchev–Trinajstić information content (AvgIpc) is 2.73. The number of aliphatic hydroxyl groups excluding tert-OH is 3. The standard InChI is InChI=1S/C20H26N2O4S2/c1-11(15(21)19-17(24)16(23)18(25)20(26-19)27-2)28-14-7-5-12(6-8-14)13-4-3-9-22-10-13/h3-11,15-20,23-25H,21H2,1-2H3/t11-,15+,16?,17-,18+,19+,20?/m0/s1. The molecule has 2 heterocycles. The number of pyridine rings is 1. The molecule has 1 aromatic heterocycles. The van der Waals surface area contributed by atoms with Crippen molar-refractivity contribution >= 4 is 23.5 Å². The van der Waals surface area contributed by atoms with Gasteiger partial charge in [0.2, 0.25) is 0 Å². The summed E-state index contributed by atoms with van der Waals surface area (Å²) in [6.45, 7) is 1.96. The van der Waals surface area contributed by atoms with Gasteiger partial charge in [-0.3, -0.25) is 4.98 Å². The lowest BCUT2D eigenvalue weighted by Crippen LogP contribution is -2.62. The number of aliphatic hydroxyl groups is 3. The zero-order valence-electron chi connectivity index (χ0n) is 15.8. The minimum absolute atomic E-state index is 0.0751. The highest BCUT2D eigenvalue weighted by molar-refractivity contribution is 8.00. The van der Waals surface area contributed by atoms with Crippen LogP contribution in [0.3, 0.4) is 0 Å². The van der Waals surface area contributed by atoms with Crippen LogP contribution in [0.4, 0.5) is 0 Å². The molecule has 0 bridgehead atoms. The summed E-state index contributed by atoms with van der Waals surface area (Å²) >= 11 is 2.86. The summed E-state index contributed by atoms with van der Waals surface area (Å²) in [5.41, 5.74) is 7.88. The van der Waals surface area contributed by atoms with Gasteiger partial charge in [0.15, 0.2) is 0 Å². The van der Waals surface area contributed by atoms with Crippen molar-refractivity contribution < 1.29 is 20.1 Å². The van der Waals surface area contributed by atoms with Gasteiger partial charge in [-0.2, -0.15) is 0 Å². The van der Waals surface area contributed by atoms with Gasteiger partial charge in [0.1, 0.15) is 29.9 Å². The van der Waals surface area contributed by atoms with E-state index in [4.69, 9.17) is 10.5 Å². The van der Waals surface area contributed by atoms with E-state index in [-0.39, 0.29) is 5.25 Å². The molecule has 7 atom stereocenters. The first-order chi connectivity index (χ1) is 13.4. The van der Waals surface area contributed by atoms with Crippen molar-refractivity contribution in [3.63, 3.8) is 0 Å². The molecule has 8 heteroatoms. The van der Waals surface area contributed by atoms with E-state index in [0.717, 1.165) is 16.0 Å². The van der Waals surface area contributed by atoms with Gasteiger partial charge in [-0.25, -0.2) is 0 Å². The van der Waals surface area contributed by atoms with Crippen molar-refractivity contribution in [2.45, 2.75) is 53.0 Å². The maximum atomic E-state index is 10.3. The highest BCUT2D eigenvalue weighted by atomic mass is 32.2. The molecule has 0 spiro atoms. The topological polar surface area (TPSA) is 109 Å². The Labute approximate surface area is 173 Å². The zero-order valence-corrected chi connectivity index (χ0v) is 17.4. The van der Waals surface area contributed by atoms with Crippen molar-refractivity contribution in [3.8, 4) is 11.1 Å². The van der Waals surface area contributed by atoms with Crippen LogP contribution in [0.5, 0.6) is 0 Å². The molecule has 3 rings (SSSR count). The lowest BCUT2D eigenvalue weighted by Gasteiger charge is -2.43. The monoisotopic (exact) mass is 422 g/mol. The summed E-state index contributed by atoms with van der Waals surface area (Å²) in [6, 6.07) is 11.5. The summed E-state index contributed by atoms with van der Waals surface area (Å²) in [5, 5.41) is 30.4. The van der Waals surface area contributed by atoms with Gasteiger partial charge in [-0.1, -0.05) is 25.1 Å². The predicted molar refractivity (Wildman–Crippen MR) is 113 cm³/mol. The van der Waals surface area contributed by atoms with Crippen LogP contribution in [0, 0.1) is 0 Å². The first-order valence-corrected chi connectivity index (χ1v) is 11.2. The third-order valence-electron chi connectivity index (χ3n) is 4.93. The van der Waals surface area contributed by atoms with Crippen molar-refractivity contribution in [3.05, 3.63) is 48.8 Å². The fourth-order valence-corrected chi connectivity index (χ4v) is 4.92. The van der Waals surface area contributed by atoms with E-state index < -0.39 is 35.9 Å². The number of thioether (sulfide) groups is 2. The Balaban J connectivity index is 1.66. The molecule has 0 amide bonds. The number of nitrogens with zero attached hydrogens (tertiary/aromatic N) is 1. The molecule has 0 saturated carbocycles. The van der Waals surface area contributed by atoms with Crippen LogP contribution in [0.1, 0.15) is 6.92 Å². The summed E-state index contributed by atoms with van der Waals surface area (Å²) in [7, 11) is 0. The van der Waals surface area contributed by atoms with E-state index >= 15 is 0 Å². The Morgan fingerprint density at radius 3 is 2.36 bits per heavy atom. The molecule has 1 fully saturated rings. The third kappa shape index (κ3) is 4.71. The molecule has 152 valence electrons. The van der Waals surface area contributed by atoms with Crippen LogP contribution in [0.15, 0.2) is 53.7 Å². The minimum Gasteiger partial charge on any atom is -0.388 e. The molecule has 1 aliphatic rings. The Morgan fingerprint density at radius 2 is 1.75 bits per heavy atom. The average molecular weight is 423 g/mol. The first-order valence-electron chi connectivity index (χ1n) is 9.07. The Morgan fingerprint density at radius 1 is 1.04 bits per heavy atom. The lowest BCUT2D eigenvalue weighted by atomic mass is 9.94. The molecule has 1 saturated heterocycles. The van der Waals surface area contributed by atoms with Crippen LogP contribution >= 0.6 is 23.5 Å². The van der Waals surface area contributed by atoms with Crippen LogP contribution in [0.2, 0.25) is 0 Å². The van der Waals surface area contributed by atoms with Crippen LogP contribution < -0.4 is 5.73 Å². The zero-order chi connectivity index (χ0) is 20.3. The van der Waals surface area contributed by atoms with Gasteiger partial charge in [0, 0.05) is 28.6 Å². The second-order valence-corrected chi connectivity index (χ2v) is 9.23. The lowest BCUT2D eigenvalue weighted by molar-refractivity contribution is -0.202. The maximum Gasteiger partial charge on any atom is 0.132 e. The third-order valence-corrected chi connectivity index (χ3v) is 7.02. The van der Waals surface area contributed by atoms with E-state index in [1.807, 2.05) is 49.5 Å². The number of hydrogen-bond acceptors (Lipinski definition) is 8. The van der Waals surface area contributed by atoms with Crippen LogP contribution in [0.25, 0.3) is 11.1 Å². The molecular formula is C20H26N2O4S2. The van der Waals surface area contributed by atoms with E-state index in [1.165, 1.54) is 11.8 Å². The number of hydrogen-bond donors (Lipinski definition) is 4. The largest absolute Gasteiger partial charge is 0.388 e. The van der Waals surface area contributed by atoms with Crippen LogP contribution in [-0.4, -0.2) is 67.7 Å². The van der Waals surface area contributed by atoms with E-state index in [9.17, 15) is 15.3 Å². The first kappa shape index (κ1) is 21.6. The van der Waals surface area contributed by atoms with Crippen molar-refractivity contribution in [2.24, 2.45) is 5.73 Å². The summed E-state index contributed by atoms with van der Waals surface area (Å²) in [5.74, 6) is 0. The molecule has 5 N–H and O–H groups in total. The molecule has 0 radical (unpaired) electrons. The molecule has 0 aliphatic carbocycles. The molecule has 2 aromatic rings. The number of aromatic nitrogens is 1. The number of ether oxygens (including phenoxy) is 1. The van der Waals surface area contributed by atoms with Crippen molar-refractivity contribution in [1.82, 2.24) is 4.98 Å². The maximum absolute atomic E-state index is 10.3. The SMILES string of the molecule is CSC1O[C@H]([C@H](N)[C@H](C)Sc2ccc(-c3cccnc3)cc2)[C@@H](O)C(O)[C@H]1O. The molecule has 1 aliphatic heterocycles. The van der Waals surface area contributed by atoms with Gasteiger partial charge < -0.3 is 25.8 Å². The van der Waals surface area contributed by atoms with E-state index in [1.54, 1.807) is 24.2 Å². The second-order valence-electron chi connectivity index (χ2n) is 6.84. The van der Waals surface area contributed by atoms with Gasteiger partial charge in [0.25, 0.3) is 0 Å². The fourth-order valence-electron chi connectivity index (χ4n) is 3.21. The van der Waals surface area contributed by atoms with Gasteiger partial charge in [-0.15, -0.1) is 23.5 Å². The van der Waals surface area contributed by atoms with Crippen molar-refractivity contribution in [2.75, 3.05) is 6.26 Å². The molecule has 1 aromatic carbocycles. The Kier molecular flexibility index (Phi) is 7.38. The quantitative estimate of drug-likeness (QED) is 0.521. The Hall–Kier alpha value is -1.13. The highest BCUT2D eigenvalue weighted by Gasteiger charge is 2.46.